The fourth-order valence-electron chi connectivity index (χ4n) is 0.651. The number of amides is 1. The van der Waals surface area contributed by atoms with Crippen LogP contribution in [-0.4, -0.2) is 25.1 Å². The van der Waals surface area contributed by atoms with Gasteiger partial charge < -0.3 is 15.8 Å². The Morgan fingerprint density at radius 2 is 2.33 bits per heavy atom. The number of hydrogen-bond donors (Lipinski definition) is 3. The van der Waals surface area contributed by atoms with Crippen LogP contribution < -0.4 is 11.1 Å². The second kappa shape index (κ2) is 6.45. The van der Waals surface area contributed by atoms with Crippen LogP contribution in [0.15, 0.2) is 0 Å². The van der Waals surface area contributed by atoms with Crippen molar-refractivity contribution in [1.29, 1.82) is 5.41 Å². The molecule has 0 unspecified atom stereocenters. The van der Waals surface area contributed by atoms with Gasteiger partial charge in [-0.1, -0.05) is 0 Å². The third-order valence-electron chi connectivity index (χ3n) is 1.17. The molecule has 0 fully saturated rings. The second-order valence-corrected chi connectivity index (χ2v) is 2.28. The predicted octanol–water partition coefficient (Wildman–Crippen LogP) is 0.449. The fraction of sp³-hybridized carbons (Fsp3) is 0.714. The molecule has 0 rings (SSSR count). The van der Waals surface area contributed by atoms with Gasteiger partial charge >= 0.3 is 6.09 Å². The first kappa shape index (κ1) is 10.7. The lowest BCUT2D eigenvalue weighted by Crippen LogP contribution is -2.26. The second-order valence-electron chi connectivity index (χ2n) is 2.28. The summed E-state index contributed by atoms with van der Waals surface area (Å²) in [6.45, 7) is 2.62. The third-order valence-corrected chi connectivity index (χ3v) is 1.17. The van der Waals surface area contributed by atoms with Crippen molar-refractivity contribution in [2.75, 3.05) is 13.2 Å². The zero-order chi connectivity index (χ0) is 9.40. The van der Waals surface area contributed by atoms with Crippen molar-refractivity contribution in [3.05, 3.63) is 0 Å². The zero-order valence-electron chi connectivity index (χ0n) is 7.22. The van der Waals surface area contributed by atoms with E-state index in [2.05, 4.69) is 10.1 Å². The lowest BCUT2D eigenvalue weighted by Gasteiger charge is -2.03. The van der Waals surface area contributed by atoms with E-state index in [0.29, 0.717) is 26.0 Å². The van der Waals surface area contributed by atoms with Gasteiger partial charge in [-0.15, -0.1) is 0 Å². The number of carbonyl (C=O) groups is 1. The number of amidine groups is 1. The summed E-state index contributed by atoms with van der Waals surface area (Å²) >= 11 is 0. The minimum atomic E-state index is -0.416. The van der Waals surface area contributed by atoms with Crippen molar-refractivity contribution in [3.8, 4) is 0 Å². The Labute approximate surface area is 71.8 Å². The molecule has 5 nitrogen and oxygen atoms in total. The van der Waals surface area contributed by atoms with E-state index in [4.69, 9.17) is 11.1 Å². The van der Waals surface area contributed by atoms with Crippen LogP contribution >= 0.6 is 0 Å². The van der Waals surface area contributed by atoms with Crippen molar-refractivity contribution < 1.29 is 9.53 Å². The summed E-state index contributed by atoms with van der Waals surface area (Å²) in [5.74, 6) is 0.139. The average Bonchev–Trinajstić information content (AvgIpc) is 1.98. The summed E-state index contributed by atoms with van der Waals surface area (Å²) in [5, 5.41) is 9.42. The van der Waals surface area contributed by atoms with Gasteiger partial charge in [-0.05, 0) is 13.3 Å². The minimum Gasteiger partial charge on any atom is -0.450 e. The van der Waals surface area contributed by atoms with Gasteiger partial charge in [0.25, 0.3) is 0 Å². The highest BCUT2D eigenvalue weighted by Crippen LogP contribution is 1.85. The molecule has 0 spiro atoms. The molecule has 0 aliphatic carbocycles. The van der Waals surface area contributed by atoms with Crippen LogP contribution in [0.25, 0.3) is 0 Å². The quantitative estimate of drug-likeness (QED) is 0.320. The van der Waals surface area contributed by atoms with Crippen LogP contribution in [-0.2, 0) is 4.74 Å². The molecule has 0 saturated heterocycles. The zero-order valence-corrected chi connectivity index (χ0v) is 7.22. The van der Waals surface area contributed by atoms with E-state index in [1.165, 1.54) is 0 Å². The van der Waals surface area contributed by atoms with Crippen LogP contribution in [0.4, 0.5) is 4.79 Å². The van der Waals surface area contributed by atoms with Crippen LogP contribution in [0.1, 0.15) is 19.8 Å². The third kappa shape index (κ3) is 6.85. The van der Waals surface area contributed by atoms with Gasteiger partial charge in [0.1, 0.15) is 0 Å². The lowest BCUT2D eigenvalue weighted by molar-refractivity contribution is 0.152. The van der Waals surface area contributed by atoms with Crippen LogP contribution in [0, 0.1) is 5.41 Å². The first-order valence-corrected chi connectivity index (χ1v) is 3.90. The number of nitrogens with one attached hydrogen (secondary N) is 2. The molecule has 0 aromatic heterocycles. The summed E-state index contributed by atoms with van der Waals surface area (Å²) in [4.78, 5) is 10.7. The van der Waals surface area contributed by atoms with E-state index in [0.717, 1.165) is 0 Å². The number of carbonyl (C=O) groups excluding carboxylic acids is 1. The summed E-state index contributed by atoms with van der Waals surface area (Å²) in [6, 6.07) is 0. The summed E-state index contributed by atoms with van der Waals surface area (Å²) in [6.07, 6.45) is 0.765. The number of rotatable bonds is 5. The Kier molecular flexibility index (Phi) is 5.77. The Hall–Kier alpha value is -1.26. The largest absolute Gasteiger partial charge is 0.450 e. The van der Waals surface area contributed by atoms with E-state index < -0.39 is 6.09 Å². The molecule has 1 amide bonds. The van der Waals surface area contributed by atoms with Gasteiger partial charge in [-0.3, -0.25) is 5.41 Å². The van der Waals surface area contributed by atoms with Gasteiger partial charge in [0.2, 0.25) is 0 Å². The van der Waals surface area contributed by atoms with Crippen molar-refractivity contribution in [3.63, 3.8) is 0 Å². The molecule has 0 aromatic rings. The standard InChI is InChI=1S/C7H15N3O2/c1-2-12-7(11)10-5-3-4-6(8)9/h2-5H2,1H3,(H3,8,9)(H,10,11). The Morgan fingerprint density at radius 3 is 2.83 bits per heavy atom. The predicted molar refractivity (Wildman–Crippen MR) is 46.2 cm³/mol. The summed E-state index contributed by atoms with van der Waals surface area (Å²) < 4.78 is 4.61. The summed E-state index contributed by atoms with van der Waals surface area (Å²) in [7, 11) is 0. The molecule has 0 heterocycles. The first-order chi connectivity index (χ1) is 5.66. The summed E-state index contributed by atoms with van der Waals surface area (Å²) in [5.41, 5.74) is 5.11. The van der Waals surface area contributed by atoms with Crippen molar-refractivity contribution in [2.24, 2.45) is 5.73 Å². The van der Waals surface area contributed by atoms with E-state index in [-0.39, 0.29) is 5.84 Å². The normalized spacial score (nSPS) is 9.08. The number of nitrogens with two attached hydrogens (primary N) is 1. The van der Waals surface area contributed by atoms with E-state index in [1.54, 1.807) is 6.92 Å². The molecular weight excluding hydrogens is 158 g/mol. The lowest BCUT2D eigenvalue weighted by atomic mass is 10.3. The van der Waals surface area contributed by atoms with Crippen LogP contribution in [0.5, 0.6) is 0 Å². The van der Waals surface area contributed by atoms with Crippen molar-refractivity contribution in [2.45, 2.75) is 19.8 Å². The number of hydrogen-bond acceptors (Lipinski definition) is 3. The topological polar surface area (TPSA) is 88.2 Å². The molecule has 12 heavy (non-hydrogen) atoms. The van der Waals surface area contributed by atoms with Gasteiger partial charge in [-0.25, -0.2) is 4.79 Å². The van der Waals surface area contributed by atoms with Crippen LogP contribution in [0.3, 0.4) is 0 Å². The highest BCUT2D eigenvalue weighted by atomic mass is 16.5. The molecule has 4 N–H and O–H groups in total. The van der Waals surface area contributed by atoms with E-state index in [1.807, 2.05) is 0 Å². The Morgan fingerprint density at radius 1 is 1.67 bits per heavy atom. The molecule has 0 aliphatic rings. The number of alkyl carbamates (subject to hydrolysis) is 1. The average molecular weight is 173 g/mol. The highest BCUT2D eigenvalue weighted by molar-refractivity contribution is 5.76. The fourth-order valence-corrected chi connectivity index (χ4v) is 0.651. The highest BCUT2D eigenvalue weighted by Gasteiger charge is 1.97. The molecule has 5 heteroatoms. The molecule has 0 atom stereocenters. The maximum atomic E-state index is 10.7. The molecule has 70 valence electrons. The molecule has 0 bridgehead atoms. The molecule has 0 aliphatic heterocycles. The molecular formula is C7H15N3O2. The Bertz CT molecular complexity index is 159. The molecule has 0 saturated carbocycles. The minimum absolute atomic E-state index is 0.139. The SMILES string of the molecule is CCOC(=O)NCCCC(=N)N. The molecule has 0 aromatic carbocycles. The maximum absolute atomic E-state index is 10.7. The van der Waals surface area contributed by atoms with Crippen LogP contribution in [0.2, 0.25) is 0 Å². The smallest absolute Gasteiger partial charge is 0.407 e. The van der Waals surface area contributed by atoms with Crippen molar-refractivity contribution in [1.82, 2.24) is 5.32 Å². The Balaban J connectivity index is 3.19. The van der Waals surface area contributed by atoms with Gasteiger partial charge in [0.15, 0.2) is 0 Å². The molecule has 0 radical (unpaired) electrons. The van der Waals surface area contributed by atoms with Crippen molar-refractivity contribution >= 4 is 11.9 Å². The monoisotopic (exact) mass is 173 g/mol. The maximum Gasteiger partial charge on any atom is 0.407 e. The van der Waals surface area contributed by atoms with Gasteiger partial charge in [-0.2, -0.15) is 0 Å². The first-order valence-electron chi connectivity index (χ1n) is 3.90. The van der Waals surface area contributed by atoms with Gasteiger partial charge in [0, 0.05) is 13.0 Å². The van der Waals surface area contributed by atoms with E-state index >= 15 is 0 Å². The van der Waals surface area contributed by atoms with E-state index in [9.17, 15) is 4.79 Å². The van der Waals surface area contributed by atoms with Gasteiger partial charge in [0.05, 0.1) is 12.4 Å². The number of ether oxygens (including phenoxy) is 1.